The molecule has 0 aromatic carbocycles. The molecular formula is C11H10ClN3O3S2. The van der Waals surface area contributed by atoms with Crippen molar-refractivity contribution in [1.82, 2.24) is 10.2 Å². The molecule has 2 rings (SSSR count). The number of rotatable bonds is 3. The molecule has 2 aromatic rings. The molecular weight excluding hydrogens is 322 g/mol. The van der Waals surface area contributed by atoms with Crippen LogP contribution in [0.2, 0.25) is 4.47 Å². The number of amides is 1. The van der Waals surface area contributed by atoms with Crippen molar-refractivity contribution in [2.75, 3.05) is 12.4 Å². The number of methoxy groups -OCH3 is 1. The Morgan fingerprint density at radius 3 is 2.50 bits per heavy atom. The third-order valence-electron chi connectivity index (χ3n) is 2.60. The summed E-state index contributed by atoms with van der Waals surface area (Å²) in [4.78, 5) is 24.7. The van der Waals surface area contributed by atoms with E-state index < -0.39 is 11.9 Å². The number of aryl methyl sites for hydroxylation is 1. The van der Waals surface area contributed by atoms with Crippen LogP contribution in [0.3, 0.4) is 0 Å². The number of anilines is 1. The number of carbonyl (C=O) groups is 2. The molecule has 1 amide bonds. The Bertz CT molecular complexity index is 681. The Kier molecular flexibility index (Phi) is 4.36. The predicted octanol–water partition coefficient (Wildman–Crippen LogP) is 2.91. The average molecular weight is 332 g/mol. The monoisotopic (exact) mass is 331 g/mol. The van der Waals surface area contributed by atoms with Crippen molar-refractivity contribution < 1.29 is 14.3 Å². The lowest BCUT2D eigenvalue weighted by molar-refractivity contribution is 0.0601. The molecule has 0 radical (unpaired) electrons. The van der Waals surface area contributed by atoms with E-state index in [1.54, 1.807) is 6.92 Å². The van der Waals surface area contributed by atoms with E-state index in [2.05, 4.69) is 15.5 Å². The maximum absolute atomic E-state index is 12.0. The highest BCUT2D eigenvalue weighted by Gasteiger charge is 2.23. The Labute approximate surface area is 127 Å². The largest absolute Gasteiger partial charge is 0.465 e. The summed E-state index contributed by atoms with van der Waals surface area (Å²) in [6.45, 7) is 3.67. The maximum Gasteiger partial charge on any atom is 0.341 e. The maximum atomic E-state index is 12.0. The molecule has 9 heteroatoms. The van der Waals surface area contributed by atoms with Crippen LogP contribution in [0.5, 0.6) is 0 Å². The third-order valence-corrected chi connectivity index (χ3v) is 4.74. The van der Waals surface area contributed by atoms with Gasteiger partial charge >= 0.3 is 5.97 Å². The van der Waals surface area contributed by atoms with Crippen LogP contribution in [0.4, 0.5) is 5.00 Å². The molecule has 1 N–H and O–H groups in total. The van der Waals surface area contributed by atoms with Gasteiger partial charge in [-0.15, -0.1) is 21.5 Å². The lowest BCUT2D eigenvalue weighted by Gasteiger charge is -2.04. The second-order valence-electron chi connectivity index (χ2n) is 3.79. The van der Waals surface area contributed by atoms with Crippen LogP contribution >= 0.6 is 34.3 Å². The summed E-state index contributed by atoms with van der Waals surface area (Å²) in [5, 5.41) is 10.4. The van der Waals surface area contributed by atoms with E-state index in [1.165, 1.54) is 18.4 Å². The van der Waals surface area contributed by atoms with E-state index in [0.29, 0.717) is 10.6 Å². The zero-order chi connectivity index (χ0) is 14.9. The van der Waals surface area contributed by atoms with Crippen molar-refractivity contribution >= 4 is 51.2 Å². The highest BCUT2D eigenvalue weighted by Crippen LogP contribution is 2.33. The summed E-state index contributed by atoms with van der Waals surface area (Å²) >= 11 is 7.91. The molecule has 0 aliphatic rings. The van der Waals surface area contributed by atoms with Gasteiger partial charge in [0, 0.05) is 4.88 Å². The first kappa shape index (κ1) is 14.9. The van der Waals surface area contributed by atoms with Crippen LogP contribution in [0, 0.1) is 13.8 Å². The predicted molar refractivity (Wildman–Crippen MR) is 78.0 cm³/mol. The molecule has 0 fully saturated rings. The van der Waals surface area contributed by atoms with Crippen LogP contribution in [-0.2, 0) is 4.74 Å². The molecule has 0 aliphatic heterocycles. The standard InChI is InChI=1S/C11H10ClN3O3S2/c1-4-5(2)19-8(6(4)10(17)18-3)13-7(16)9-14-15-11(12)20-9/h1-3H3,(H,13,16). The highest BCUT2D eigenvalue weighted by molar-refractivity contribution is 7.18. The summed E-state index contributed by atoms with van der Waals surface area (Å²) in [6, 6.07) is 0. The van der Waals surface area contributed by atoms with Gasteiger partial charge in [-0.05, 0) is 31.0 Å². The fourth-order valence-corrected chi connectivity index (χ4v) is 3.28. The summed E-state index contributed by atoms with van der Waals surface area (Å²) < 4.78 is 4.91. The molecule has 6 nitrogen and oxygen atoms in total. The van der Waals surface area contributed by atoms with Crippen LogP contribution in [0.25, 0.3) is 0 Å². The number of carbonyl (C=O) groups excluding carboxylic acids is 2. The number of hydrogen-bond donors (Lipinski definition) is 1. The minimum atomic E-state index is -0.488. The van der Waals surface area contributed by atoms with Gasteiger partial charge in [0.2, 0.25) is 9.47 Å². The molecule has 2 heterocycles. The van der Waals surface area contributed by atoms with Gasteiger partial charge in [0.15, 0.2) is 0 Å². The molecule has 20 heavy (non-hydrogen) atoms. The minimum absolute atomic E-state index is 0.134. The lowest BCUT2D eigenvalue weighted by Crippen LogP contribution is -2.14. The fourth-order valence-electron chi connectivity index (χ4n) is 1.52. The first-order valence-corrected chi connectivity index (χ1v) is 7.43. The molecule has 0 unspecified atom stereocenters. The fraction of sp³-hybridized carbons (Fsp3) is 0.273. The minimum Gasteiger partial charge on any atom is -0.465 e. The number of thiophene rings is 1. The van der Waals surface area contributed by atoms with Crippen molar-refractivity contribution in [2.45, 2.75) is 13.8 Å². The van der Waals surface area contributed by atoms with Crippen molar-refractivity contribution in [3.8, 4) is 0 Å². The quantitative estimate of drug-likeness (QED) is 0.874. The van der Waals surface area contributed by atoms with Gasteiger partial charge in [-0.2, -0.15) is 0 Å². The molecule has 0 spiro atoms. The zero-order valence-electron chi connectivity index (χ0n) is 10.8. The van der Waals surface area contributed by atoms with Gasteiger partial charge in [-0.1, -0.05) is 11.3 Å². The van der Waals surface area contributed by atoms with Crippen LogP contribution in [0.1, 0.15) is 30.6 Å². The molecule has 0 atom stereocenters. The Morgan fingerprint density at radius 1 is 1.25 bits per heavy atom. The van der Waals surface area contributed by atoms with Crippen molar-refractivity contribution in [1.29, 1.82) is 0 Å². The van der Waals surface area contributed by atoms with E-state index >= 15 is 0 Å². The van der Waals surface area contributed by atoms with Crippen LogP contribution in [-0.4, -0.2) is 29.2 Å². The number of halogens is 1. The summed E-state index contributed by atoms with van der Waals surface area (Å²) in [5.41, 5.74) is 1.14. The topological polar surface area (TPSA) is 81.2 Å². The Hall–Kier alpha value is -1.51. The smallest absolute Gasteiger partial charge is 0.341 e. The SMILES string of the molecule is COC(=O)c1c(NC(=O)c2nnc(Cl)s2)sc(C)c1C. The third kappa shape index (κ3) is 2.82. The van der Waals surface area contributed by atoms with Gasteiger partial charge in [-0.25, -0.2) is 4.79 Å². The second kappa shape index (κ2) is 5.86. The summed E-state index contributed by atoms with van der Waals surface area (Å²) in [5.74, 6) is -0.946. The van der Waals surface area contributed by atoms with Gasteiger partial charge in [0.05, 0.1) is 12.7 Å². The first-order chi connectivity index (χ1) is 9.43. The summed E-state index contributed by atoms with van der Waals surface area (Å²) in [6.07, 6.45) is 0. The number of nitrogens with one attached hydrogen (secondary N) is 1. The van der Waals surface area contributed by atoms with Gasteiger partial charge in [0.1, 0.15) is 5.00 Å². The second-order valence-corrected chi connectivity index (χ2v) is 6.58. The Balaban J connectivity index is 2.32. The van der Waals surface area contributed by atoms with Gasteiger partial charge < -0.3 is 10.1 Å². The number of aromatic nitrogens is 2. The van der Waals surface area contributed by atoms with E-state index in [-0.39, 0.29) is 9.47 Å². The molecule has 2 aromatic heterocycles. The van der Waals surface area contributed by atoms with E-state index in [1.807, 2.05) is 6.92 Å². The molecule has 0 saturated heterocycles. The molecule has 0 bridgehead atoms. The molecule has 0 aliphatic carbocycles. The normalized spacial score (nSPS) is 10.4. The highest BCUT2D eigenvalue weighted by atomic mass is 35.5. The van der Waals surface area contributed by atoms with Crippen molar-refractivity contribution in [3.63, 3.8) is 0 Å². The number of ether oxygens (including phenoxy) is 1. The molecule has 106 valence electrons. The number of hydrogen-bond acceptors (Lipinski definition) is 7. The first-order valence-electron chi connectivity index (χ1n) is 5.42. The van der Waals surface area contributed by atoms with Crippen molar-refractivity contribution in [2.24, 2.45) is 0 Å². The average Bonchev–Trinajstić information content (AvgIpc) is 2.94. The van der Waals surface area contributed by atoms with Gasteiger partial charge in [0.25, 0.3) is 5.91 Å². The zero-order valence-corrected chi connectivity index (χ0v) is 13.2. The summed E-state index contributed by atoms with van der Waals surface area (Å²) in [7, 11) is 1.30. The Morgan fingerprint density at radius 2 is 1.95 bits per heavy atom. The number of esters is 1. The number of nitrogens with zero attached hydrogens (tertiary/aromatic N) is 2. The lowest BCUT2D eigenvalue weighted by atomic mass is 10.1. The van der Waals surface area contributed by atoms with Crippen molar-refractivity contribution in [3.05, 3.63) is 25.5 Å². The van der Waals surface area contributed by atoms with E-state index in [0.717, 1.165) is 21.8 Å². The van der Waals surface area contributed by atoms with E-state index in [9.17, 15) is 9.59 Å². The molecule has 0 saturated carbocycles. The van der Waals surface area contributed by atoms with Crippen LogP contribution < -0.4 is 5.32 Å². The van der Waals surface area contributed by atoms with Gasteiger partial charge in [-0.3, -0.25) is 4.79 Å². The van der Waals surface area contributed by atoms with E-state index in [4.69, 9.17) is 16.3 Å². The van der Waals surface area contributed by atoms with Crippen LogP contribution in [0.15, 0.2) is 0 Å².